The van der Waals surface area contributed by atoms with Crippen molar-refractivity contribution in [1.29, 1.82) is 0 Å². The minimum atomic E-state index is -3.96. The molecular formula is C36H62N8O12S. The fourth-order valence-electron chi connectivity index (χ4n) is 4.50. The normalized spacial score (nSPS) is 13.9. The van der Waals surface area contributed by atoms with Crippen LogP contribution in [0.25, 0.3) is 0 Å². The lowest BCUT2D eigenvalue weighted by Gasteiger charge is -2.39. The molecule has 20 nitrogen and oxygen atoms in total. The number of esters is 2. The molecule has 0 radical (unpaired) electrons. The van der Waals surface area contributed by atoms with Gasteiger partial charge in [0, 0.05) is 37.2 Å². The van der Waals surface area contributed by atoms with Crippen LogP contribution in [-0.4, -0.2) is 141 Å². The fraction of sp³-hybridized carbons (Fsp3) is 0.667. The third-order valence-electron chi connectivity index (χ3n) is 9.34. The van der Waals surface area contributed by atoms with E-state index in [0.29, 0.717) is 18.0 Å². The maximum atomic E-state index is 14.2. The summed E-state index contributed by atoms with van der Waals surface area (Å²) in [6.07, 6.45) is 2.02. The van der Waals surface area contributed by atoms with Gasteiger partial charge in [-0.3, -0.25) is 29.0 Å². The first-order chi connectivity index (χ1) is 26.3. The smallest absolute Gasteiger partial charge is 0.331 e. The average molecular weight is 831 g/mol. The number of carbonyl (C=O) groups excluding carboxylic acids is 5. The van der Waals surface area contributed by atoms with Gasteiger partial charge >= 0.3 is 17.9 Å². The molecule has 57 heavy (non-hydrogen) atoms. The average Bonchev–Trinajstić information content (AvgIpc) is 3.15. The van der Waals surface area contributed by atoms with Crippen LogP contribution in [0.15, 0.2) is 29.2 Å². The van der Waals surface area contributed by atoms with Crippen molar-refractivity contribution in [2.75, 3.05) is 52.5 Å². The molecule has 0 fully saturated rings. The Morgan fingerprint density at radius 2 is 1.30 bits per heavy atom. The van der Waals surface area contributed by atoms with Gasteiger partial charge in [-0.25, -0.2) is 23.4 Å². The number of ketones is 2. The van der Waals surface area contributed by atoms with Crippen molar-refractivity contribution in [2.24, 2.45) is 22.6 Å². The van der Waals surface area contributed by atoms with E-state index in [1.54, 1.807) is 34.6 Å². The zero-order valence-electron chi connectivity index (χ0n) is 33.9. The minimum Gasteiger partial charge on any atom is -0.480 e. The van der Waals surface area contributed by atoms with E-state index in [1.807, 2.05) is 0 Å². The molecule has 0 heterocycles. The van der Waals surface area contributed by atoms with E-state index >= 15 is 0 Å². The monoisotopic (exact) mass is 830 g/mol. The number of carboxylic acids is 1. The molecule has 0 aliphatic heterocycles. The van der Waals surface area contributed by atoms with Gasteiger partial charge in [-0.05, 0) is 85.2 Å². The number of carbonyl (C=O) groups is 6. The molecule has 0 aliphatic rings. The van der Waals surface area contributed by atoms with Gasteiger partial charge in [0.15, 0.2) is 6.04 Å². The number of sulfonamides is 1. The van der Waals surface area contributed by atoms with E-state index < -0.39 is 88.3 Å². The maximum absolute atomic E-state index is 14.2. The Balaban J connectivity index is 3.54. The molecule has 1 rings (SSSR count). The molecular weight excluding hydrogens is 769 g/mol. The van der Waals surface area contributed by atoms with Gasteiger partial charge in [0.25, 0.3) is 5.91 Å². The number of nitrogens with two attached hydrogens (primary N) is 3. The Hall–Kier alpha value is -3.93. The van der Waals surface area contributed by atoms with Gasteiger partial charge in [0.05, 0.1) is 22.6 Å². The second-order valence-electron chi connectivity index (χ2n) is 15.2. The third-order valence-corrected chi connectivity index (χ3v) is 10.8. The number of Topliss-reactive ketones (excluding diaryl/α,β-unsaturated/α-hetero) is 2. The van der Waals surface area contributed by atoms with Gasteiger partial charge in [0.2, 0.25) is 10.0 Å². The summed E-state index contributed by atoms with van der Waals surface area (Å²) >= 11 is 0. The van der Waals surface area contributed by atoms with E-state index in [4.69, 9.17) is 31.8 Å². The SMILES string of the molecule is CC(=O)C(C)(C)NCC(C)(CNN(C(=O)c1ccc(S(=O)(=O)NCCCCCN)cc1)[C@H](COC(=O)[C@H](N)COC(=O)[C@H](N)CO)C(=O)O)CNC(C)(C)C(C)=O. The molecule has 12 N–H and O–H groups in total. The molecule has 1 aromatic rings. The van der Waals surface area contributed by atoms with Crippen LogP contribution in [0.5, 0.6) is 0 Å². The molecule has 324 valence electrons. The standard InChI is InChI=1S/C36H62N8O12S/c1-23(46)34(3,4)40-20-36(7,21-41-35(5,6)24(2)47)22-42-44(29(31(49)50)19-56-33(52)28(39)18-55-32(51)27(38)17-45)30(48)25-11-13-26(14-12-25)57(53,54)43-16-10-8-9-15-37/h11-14,27-29,40-43,45H,8-10,15-22,37-39H2,1-7H3,(H,49,50)/t27-,28-,29-/m1/s1. The number of nitrogens with one attached hydrogen (secondary N) is 4. The van der Waals surface area contributed by atoms with Crippen LogP contribution in [0.3, 0.4) is 0 Å². The summed E-state index contributed by atoms with van der Waals surface area (Å²) < 4.78 is 38.2. The number of rotatable bonds is 28. The second kappa shape index (κ2) is 22.9. The van der Waals surface area contributed by atoms with E-state index in [0.717, 1.165) is 12.8 Å². The zero-order chi connectivity index (χ0) is 43.8. The van der Waals surface area contributed by atoms with Crippen molar-refractivity contribution in [3.05, 3.63) is 29.8 Å². The first kappa shape index (κ1) is 51.1. The van der Waals surface area contributed by atoms with Crippen LogP contribution in [0.1, 0.15) is 78.1 Å². The van der Waals surface area contributed by atoms with Crippen molar-refractivity contribution in [3.8, 4) is 0 Å². The van der Waals surface area contributed by atoms with E-state index in [2.05, 4.69) is 20.8 Å². The molecule has 0 aromatic heterocycles. The van der Waals surface area contributed by atoms with E-state index in [-0.39, 0.29) is 48.2 Å². The number of carboxylic acid groups (broad SMARTS) is 1. The Labute approximate surface area is 334 Å². The Kier molecular flexibility index (Phi) is 20.5. The van der Waals surface area contributed by atoms with Crippen LogP contribution >= 0.6 is 0 Å². The van der Waals surface area contributed by atoms with Crippen molar-refractivity contribution in [3.63, 3.8) is 0 Å². The highest BCUT2D eigenvalue weighted by Gasteiger charge is 2.37. The number of amides is 1. The summed E-state index contributed by atoms with van der Waals surface area (Å²) in [5, 5.41) is 26.5. The number of aliphatic hydroxyl groups excluding tert-OH is 1. The molecule has 21 heteroatoms. The van der Waals surface area contributed by atoms with Gasteiger partial charge in [-0.2, -0.15) is 0 Å². The number of hydrogen-bond acceptors (Lipinski definition) is 17. The lowest BCUT2D eigenvalue weighted by atomic mass is 9.86. The first-order valence-electron chi connectivity index (χ1n) is 18.4. The number of aliphatic hydroxyl groups is 1. The number of hydrazine groups is 1. The predicted octanol–water partition coefficient (Wildman–Crippen LogP) is -1.85. The summed E-state index contributed by atoms with van der Waals surface area (Å²) in [6, 6.07) is -0.144. The highest BCUT2D eigenvalue weighted by Crippen LogP contribution is 2.20. The van der Waals surface area contributed by atoms with E-state index in [9.17, 15) is 42.3 Å². The third kappa shape index (κ3) is 16.8. The summed E-state index contributed by atoms with van der Waals surface area (Å²) in [6.45, 7) is 9.59. The van der Waals surface area contributed by atoms with Crippen LogP contribution in [0.4, 0.5) is 0 Å². The Bertz CT molecular complexity index is 1610. The van der Waals surface area contributed by atoms with Crippen molar-refractivity contribution >= 4 is 45.4 Å². The Morgan fingerprint density at radius 1 is 0.789 bits per heavy atom. The summed E-state index contributed by atoms with van der Waals surface area (Å²) in [5.74, 6) is -5.16. The van der Waals surface area contributed by atoms with Crippen molar-refractivity contribution < 1.29 is 56.9 Å². The minimum absolute atomic E-state index is 0.113. The topological polar surface area (TPSA) is 325 Å². The summed E-state index contributed by atoms with van der Waals surface area (Å²) in [5.41, 5.74) is 16.4. The molecule has 0 aliphatic carbocycles. The molecule has 0 bridgehead atoms. The molecule has 3 atom stereocenters. The molecule has 0 saturated carbocycles. The van der Waals surface area contributed by atoms with Gasteiger partial charge in [-0.15, -0.1) is 0 Å². The van der Waals surface area contributed by atoms with Gasteiger partial charge in [0.1, 0.15) is 36.9 Å². The number of ether oxygens (including phenoxy) is 2. The number of aliphatic carboxylic acids is 1. The zero-order valence-corrected chi connectivity index (χ0v) is 34.7. The number of benzene rings is 1. The first-order valence-corrected chi connectivity index (χ1v) is 19.9. The van der Waals surface area contributed by atoms with Crippen molar-refractivity contribution in [2.45, 2.75) is 102 Å². The fourth-order valence-corrected chi connectivity index (χ4v) is 5.58. The lowest BCUT2D eigenvalue weighted by molar-refractivity contribution is -0.156. The van der Waals surface area contributed by atoms with Gasteiger partial charge in [-0.1, -0.05) is 13.3 Å². The molecule has 1 aromatic carbocycles. The maximum Gasteiger partial charge on any atom is 0.331 e. The van der Waals surface area contributed by atoms with Crippen LogP contribution < -0.4 is 38.0 Å². The number of nitrogens with zero attached hydrogens (tertiary/aromatic N) is 1. The van der Waals surface area contributed by atoms with Crippen LogP contribution in [-0.2, 0) is 43.5 Å². The largest absolute Gasteiger partial charge is 0.480 e. The second-order valence-corrected chi connectivity index (χ2v) is 16.9. The summed E-state index contributed by atoms with van der Waals surface area (Å²) in [7, 11) is -3.96. The van der Waals surface area contributed by atoms with Crippen molar-refractivity contribution in [1.82, 2.24) is 25.8 Å². The molecule has 0 spiro atoms. The lowest BCUT2D eigenvalue weighted by Crippen LogP contribution is -2.61. The van der Waals surface area contributed by atoms with Gasteiger partial charge < -0.3 is 47.5 Å². The van der Waals surface area contributed by atoms with E-state index in [1.165, 1.54) is 38.1 Å². The molecule has 0 unspecified atom stereocenters. The highest BCUT2D eigenvalue weighted by molar-refractivity contribution is 7.89. The quantitative estimate of drug-likeness (QED) is 0.0254. The van der Waals surface area contributed by atoms with Crippen LogP contribution in [0.2, 0.25) is 0 Å². The molecule has 0 saturated heterocycles. The van der Waals surface area contributed by atoms with Crippen LogP contribution in [0, 0.1) is 5.41 Å². The number of hydrogen-bond donors (Lipinski definition) is 9. The predicted molar refractivity (Wildman–Crippen MR) is 209 cm³/mol. The number of unbranched alkanes of at least 4 members (excludes halogenated alkanes) is 2. The summed E-state index contributed by atoms with van der Waals surface area (Å²) in [4.78, 5) is 76.0. The highest BCUT2D eigenvalue weighted by atomic mass is 32.2. The Morgan fingerprint density at radius 3 is 1.77 bits per heavy atom. The molecule has 1 amide bonds.